The van der Waals surface area contributed by atoms with Gasteiger partial charge in [-0.1, -0.05) is 37.3 Å². The van der Waals surface area contributed by atoms with Crippen LogP contribution in [-0.2, 0) is 0 Å². The number of para-hydroxylation sites is 1. The van der Waals surface area contributed by atoms with Crippen LogP contribution in [0.2, 0.25) is 0 Å². The van der Waals surface area contributed by atoms with E-state index in [1.54, 1.807) is 6.92 Å². The van der Waals surface area contributed by atoms with E-state index in [9.17, 15) is 4.39 Å². The highest BCUT2D eigenvalue weighted by molar-refractivity contribution is 5.42. The largest absolute Gasteiger partial charge is 0.494 e. The van der Waals surface area contributed by atoms with Crippen molar-refractivity contribution in [3.8, 4) is 5.75 Å². The Morgan fingerprint density at radius 1 is 1.14 bits per heavy atom. The van der Waals surface area contributed by atoms with Gasteiger partial charge in [-0.05, 0) is 43.7 Å². The van der Waals surface area contributed by atoms with Crippen LogP contribution in [0.4, 0.5) is 4.39 Å². The lowest BCUT2D eigenvalue weighted by molar-refractivity contribution is 0.333. The van der Waals surface area contributed by atoms with E-state index in [4.69, 9.17) is 4.74 Å². The Morgan fingerprint density at radius 2 is 1.90 bits per heavy atom. The minimum atomic E-state index is -0.174. The van der Waals surface area contributed by atoms with Crippen LogP contribution in [0.5, 0.6) is 5.75 Å². The van der Waals surface area contributed by atoms with Crippen LogP contribution < -0.4 is 10.1 Å². The number of hydrogen-bond acceptors (Lipinski definition) is 2. The van der Waals surface area contributed by atoms with E-state index in [0.717, 1.165) is 23.4 Å². The zero-order valence-corrected chi connectivity index (χ0v) is 12.8. The van der Waals surface area contributed by atoms with Crippen LogP contribution in [-0.4, -0.2) is 13.2 Å². The topological polar surface area (TPSA) is 21.3 Å². The van der Waals surface area contributed by atoms with Crippen LogP contribution in [0.1, 0.15) is 36.6 Å². The number of benzene rings is 2. The fraction of sp³-hybridized carbons (Fsp3) is 0.333. The lowest BCUT2D eigenvalue weighted by atomic mass is 9.96. The summed E-state index contributed by atoms with van der Waals surface area (Å²) in [5, 5.41) is 3.46. The lowest BCUT2D eigenvalue weighted by Crippen LogP contribution is -2.22. The van der Waals surface area contributed by atoms with E-state index in [2.05, 4.69) is 18.3 Å². The second kappa shape index (κ2) is 7.23. The van der Waals surface area contributed by atoms with Crippen LogP contribution in [0.3, 0.4) is 0 Å². The zero-order valence-electron chi connectivity index (χ0n) is 12.8. The zero-order chi connectivity index (χ0) is 15.2. The standard InChI is InChI=1S/C18H22FNO/c1-4-20-18(14-10-11-16(19)13(3)12-14)15-8-6-7-9-17(15)21-5-2/h6-12,18,20H,4-5H2,1-3H3. The summed E-state index contributed by atoms with van der Waals surface area (Å²) >= 11 is 0. The first kappa shape index (κ1) is 15.5. The average Bonchev–Trinajstić information content (AvgIpc) is 2.49. The third kappa shape index (κ3) is 3.61. The first-order valence-electron chi connectivity index (χ1n) is 7.38. The molecule has 1 unspecified atom stereocenters. The summed E-state index contributed by atoms with van der Waals surface area (Å²) in [6.07, 6.45) is 0. The lowest BCUT2D eigenvalue weighted by Gasteiger charge is -2.22. The number of halogens is 1. The molecule has 0 aliphatic carbocycles. The van der Waals surface area contributed by atoms with Gasteiger partial charge in [-0.25, -0.2) is 4.39 Å². The predicted octanol–water partition coefficient (Wildman–Crippen LogP) is 4.23. The van der Waals surface area contributed by atoms with Crippen molar-refractivity contribution in [2.24, 2.45) is 0 Å². The van der Waals surface area contributed by atoms with Gasteiger partial charge in [-0.15, -0.1) is 0 Å². The van der Waals surface area contributed by atoms with Gasteiger partial charge in [0.2, 0.25) is 0 Å². The monoisotopic (exact) mass is 287 g/mol. The molecule has 3 heteroatoms. The number of aryl methyl sites for hydroxylation is 1. The quantitative estimate of drug-likeness (QED) is 0.858. The molecule has 1 atom stereocenters. The molecule has 112 valence electrons. The fourth-order valence-electron chi connectivity index (χ4n) is 2.46. The maximum Gasteiger partial charge on any atom is 0.126 e. The van der Waals surface area contributed by atoms with Crippen LogP contribution in [0.15, 0.2) is 42.5 Å². The van der Waals surface area contributed by atoms with Crippen LogP contribution >= 0.6 is 0 Å². The van der Waals surface area contributed by atoms with Crippen LogP contribution in [0, 0.1) is 12.7 Å². The van der Waals surface area contributed by atoms with Crippen molar-refractivity contribution in [1.82, 2.24) is 5.32 Å². The number of ether oxygens (including phenoxy) is 1. The van der Waals surface area contributed by atoms with Gasteiger partial charge in [0.15, 0.2) is 0 Å². The molecule has 2 rings (SSSR count). The molecular weight excluding hydrogens is 265 g/mol. The van der Waals surface area contributed by atoms with Crippen molar-refractivity contribution in [2.45, 2.75) is 26.8 Å². The molecule has 1 N–H and O–H groups in total. The van der Waals surface area contributed by atoms with Gasteiger partial charge in [0.05, 0.1) is 12.6 Å². The van der Waals surface area contributed by atoms with E-state index in [-0.39, 0.29) is 11.9 Å². The first-order valence-corrected chi connectivity index (χ1v) is 7.38. The first-order chi connectivity index (χ1) is 10.2. The van der Waals surface area contributed by atoms with E-state index < -0.39 is 0 Å². The normalized spacial score (nSPS) is 12.2. The average molecular weight is 287 g/mol. The van der Waals surface area contributed by atoms with Gasteiger partial charge >= 0.3 is 0 Å². The minimum absolute atomic E-state index is 0.00273. The molecule has 0 bridgehead atoms. The molecule has 21 heavy (non-hydrogen) atoms. The summed E-state index contributed by atoms with van der Waals surface area (Å²) in [6, 6.07) is 13.2. The summed E-state index contributed by atoms with van der Waals surface area (Å²) in [5.74, 6) is 0.694. The predicted molar refractivity (Wildman–Crippen MR) is 84.3 cm³/mol. The Labute approximate surface area is 126 Å². The van der Waals surface area contributed by atoms with Gasteiger partial charge in [0.25, 0.3) is 0 Å². The van der Waals surface area contributed by atoms with Crippen molar-refractivity contribution in [3.63, 3.8) is 0 Å². The van der Waals surface area contributed by atoms with Crippen molar-refractivity contribution in [1.29, 1.82) is 0 Å². The molecule has 2 aromatic rings. The summed E-state index contributed by atoms with van der Waals surface area (Å²) < 4.78 is 19.2. The molecule has 0 aliphatic rings. The highest BCUT2D eigenvalue weighted by Gasteiger charge is 2.18. The Balaban J connectivity index is 2.45. The Bertz CT molecular complexity index is 598. The van der Waals surface area contributed by atoms with Gasteiger partial charge in [-0.3, -0.25) is 0 Å². The molecule has 2 nitrogen and oxygen atoms in total. The van der Waals surface area contributed by atoms with E-state index in [0.29, 0.717) is 12.2 Å². The van der Waals surface area contributed by atoms with Gasteiger partial charge < -0.3 is 10.1 Å². The maximum atomic E-state index is 13.5. The summed E-state index contributed by atoms with van der Waals surface area (Å²) in [7, 11) is 0. The fourth-order valence-corrected chi connectivity index (χ4v) is 2.46. The molecule has 0 aliphatic heterocycles. The van der Waals surface area contributed by atoms with Crippen molar-refractivity contribution in [3.05, 3.63) is 65.0 Å². The second-order valence-corrected chi connectivity index (χ2v) is 4.97. The highest BCUT2D eigenvalue weighted by Crippen LogP contribution is 2.30. The van der Waals surface area contributed by atoms with Crippen LogP contribution in [0.25, 0.3) is 0 Å². The molecule has 0 fully saturated rings. The van der Waals surface area contributed by atoms with E-state index in [1.807, 2.05) is 37.3 Å². The SMILES string of the molecule is CCNC(c1ccc(F)c(C)c1)c1ccccc1OCC. The third-order valence-electron chi connectivity index (χ3n) is 3.45. The number of rotatable bonds is 6. The molecule has 0 amide bonds. The van der Waals surface area contributed by atoms with Crippen molar-refractivity contribution >= 4 is 0 Å². The molecule has 0 heterocycles. The summed E-state index contributed by atoms with van der Waals surface area (Å²) in [4.78, 5) is 0. The number of nitrogens with one attached hydrogen (secondary N) is 1. The maximum absolute atomic E-state index is 13.5. The number of hydrogen-bond donors (Lipinski definition) is 1. The van der Waals surface area contributed by atoms with Crippen molar-refractivity contribution < 1.29 is 9.13 Å². The minimum Gasteiger partial charge on any atom is -0.494 e. The molecule has 0 saturated heterocycles. The highest BCUT2D eigenvalue weighted by atomic mass is 19.1. The van der Waals surface area contributed by atoms with E-state index >= 15 is 0 Å². The molecule has 0 saturated carbocycles. The molecule has 0 radical (unpaired) electrons. The van der Waals surface area contributed by atoms with Gasteiger partial charge in [0, 0.05) is 5.56 Å². The Kier molecular flexibility index (Phi) is 5.34. The van der Waals surface area contributed by atoms with Gasteiger partial charge in [0.1, 0.15) is 11.6 Å². The second-order valence-electron chi connectivity index (χ2n) is 4.97. The smallest absolute Gasteiger partial charge is 0.126 e. The molecule has 0 aromatic heterocycles. The third-order valence-corrected chi connectivity index (χ3v) is 3.45. The Hall–Kier alpha value is -1.87. The summed E-state index contributed by atoms with van der Waals surface area (Å²) in [6.45, 7) is 7.27. The molecule has 2 aromatic carbocycles. The van der Waals surface area contributed by atoms with Crippen molar-refractivity contribution in [2.75, 3.05) is 13.2 Å². The molecule has 0 spiro atoms. The molecular formula is C18H22FNO. The summed E-state index contributed by atoms with van der Waals surface area (Å²) in [5.41, 5.74) is 2.78. The Morgan fingerprint density at radius 3 is 2.57 bits per heavy atom. The van der Waals surface area contributed by atoms with Gasteiger partial charge in [-0.2, -0.15) is 0 Å². The van der Waals surface area contributed by atoms with E-state index in [1.165, 1.54) is 6.07 Å².